The van der Waals surface area contributed by atoms with Crippen LogP contribution < -0.4 is 11.1 Å². The number of nitrogens with two attached hydrogens (primary N) is 1. The highest BCUT2D eigenvalue weighted by Gasteiger charge is 2.11. The molecule has 0 atom stereocenters. The first-order chi connectivity index (χ1) is 6.95. The molecule has 4 nitrogen and oxygen atoms in total. The smallest absolute Gasteiger partial charge is 0.220 e. The minimum Gasteiger partial charge on any atom is -0.377 e. The van der Waals surface area contributed by atoms with Crippen LogP contribution in [0, 0.1) is 0 Å². The third kappa shape index (κ3) is 13.4. The van der Waals surface area contributed by atoms with E-state index in [2.05, 4.69) is 11.9 Å². The normalized spacial score (nSPS) is 10.4. The van der Waals surface area contributed by atoms with Gasteiger partial charge < -0.3 is 15.8 Å². The van der Waals surface area contributed by atoms with Crippen molar-refractivity contribution in [2.75, 3.05) is 19.8 Å². The Kier molecular flexibility index (Phi) is 10.7. The molecule has 0 bridgehead atoms. The van der Waals surface area contributed by atoms with Crippen LogP contribution in [0.5, 0.6) is 0 Å². The summed E-state index contributed by atoms with van der Waals surface area (Å²) in [5.74, 6) is 0.0238. The van der Waals surface area contributed by atoms with Crippen molar-refractivity contribution in [2.24, 2.45) is 5.73 Å². The Bertz CT molecular complexity index is 203. The maximum Gasteiger partial charge on any atom is 0.220 e. The molecule has 0 saturated carbocycles. The molecule has 0 aliphatic rings. The maximum atomic E-state index is 11.3. The Balaban J connectivity index is 0. The Hall–Kier alpha value is -0.580. The largest absolute Gasteiger partial charge is 0.377 e. The Morgan fingerprint density at radius 1 is 1.56 bits per heavy atom. The van der Waals surface area contributed by atoms with Crippen LogP contribution in [-0.2, 0) is 9.53 Å². The van der Waals surface area contributed by atoms with Crippen molar-refractivity contribution in [3.63, 3.8) is 0 Å². The van der Waals surface area contributed by atoms with Crippen LogP contribution in [0.25, 0.3) is 0 Å². The van der Waals surface area contributed by atoms with E-state index in [1.165, 1.54) is 0 Å². The van der Waals surface area contributed by atoms with Crippen molar-refractivity contribution in [1.82, 2.24) is 5.32 Å². The molecule has 1 amide bonds. The number of nitrogens with one attached hydrogen (secondary N) is 1. The minimum atomic E-state index is -0.352. The van der Waals surface area contributed by atoms with Gasteiger partial charge in [-0.2, -0.15) is 0 Å². The highest BCUT2D eigenvalue weighted by molar-refractivity contribution is 5.85. The summed E-state index contributed by atoms with van der Waals surface area (Å²) in [5, 5.41) is 2.77. The molecule has 0 aromatic carbocycles. The number of hydrogen-bond acceptors (Lipinski definition) is 3. The molecule has 0 aliphatic carbocycles. The summed E-state index contributed by atoms with van der Waals surface area (Å²) in [6.45, 7) is 8.91. The van der Waals surface area contributed by atoms with Crippen LogP contribution in [0.4, 0.5) is 0 Å². The van der Waals surface area contributed by atoms with Gasteiger partial charge in [0.25, 0.3) is 0 Å². The van der Waals surface area contributed by atoms with Crippen molar-refractivity contribution in [3.8, 4) is 0 Å². The Morgan fingerprint density at radius 2 is 2.19 bits per heavy atom. The van der Waals surface area contributed by atoms with E-state index in [1.807, 2.05) is 13.8 Å². The second kappa shape index (κ2) is 9.63. The zero-order valence-electron chi connectivity index (χ0n) is 10.1. The molecule has 0 aliphatic heterocycles. The highest BCUT2D eigenvalue weighted by Crippen LogP contribution is 1.95. The van der Waals surface area contributed by atoms with Gasteiger partial charge in [-0.1, -0.05) is 6.08 Å². The molecule has 0 fully saturated rings. The van der Waals surface area contributed by atoms with Crippen LogP contribution in [0.3, 0.4) is 0 Å². The number of hydrogen-bond donors (Lipinski definition) is 2. The van der Waals surface area contributed by atoms with Crippen molar-refractivity contribution in [2.45, 2.75) is 32.2 Å². The molecule has 0 rings (SSSR count). The van der Waals surface area contributed by atoms with Gasteiger partial charge in [-0.05, 0) is 20.3 Å². The van der Waals surface area contributed by atoms with E-state index in [-0.39, 0.29) is 23.9 Å². The molecular formula is C11H23ClN2O2. The summed E-state index contributed by atoms with van der Waals surface area (Å²) in [6.07, 6.45) is 2.90. The van der Waals surface area contributed by atoms with Crippen LogP contribution in [-0.4, -0.2) is 31.2 Å². The van der Waals surface area contributed by atoms with E-state index in [0.29, 0.717) is 26.2 Å². The first-order valence-corrected chi connectivity index (χ1v) is 5.20. The molecule has 0 radical (unpaired) electrons. The fourth-order valence-electron chi connectivity index (χ4n) is 0.916. The Morgan fingerprint density at radius 3 is 2.69 bits per heavy atom. The minimum absolute atomic E-state index is 0. The summed E-state index contributed by atoms with van der Waals surface area (Å²) in [5.41, 5.74) is 5.38. The van der Waals surface area contributed by atoms with Crippen LogP contribution in [0.2, 0.25) is 0 Å². The average molecular weight is 251 g/mol. The number of halogens is 1. The van der Waals surface area contributed by atoms with Gasteiger partial charge in [-0.25, -0.2) is 0 Å². The van der Waals surface area contributed by atoms with E-state index in [1.54, 1.807) is 6.08 Å². The lowest BCUT2D eigenvalue weighted by molar-refractivity contribution is -0.121. The van der Waals surface area contributed by atoms with Crippen molar-refractivity contribution in [3.05, 3.63) is 12.7 Å². The zero-order valence-corrected chi connectivity index (χ0v) is 10.9. The summed E-state index contributed by atoms with van der Waals surface area (Å²) in [6, 6.07) is 0. The second-order valence-electron chi connectivity index (χ2n) is 4.23. The van der Waals surface area contributed by atoms with E-state index in [9.17, 15) is 4.79 Å². The average Bonchev–Trinajstić information content (AvgIpc) is 2.13. The number of rotatable bonds is 8. The van der Waals surface area contributed by atoms with Gasteiger partial charge in [0.2, 0.25) is 5.91 Å². The molecule has 96 valence electrons. The lowest BCUT2D eigenvalue weighted by atomic mass is 10.1. The standard InChI is InChI=1S/C11H22N2O2.ClH/c1-4-7-15-8-5-6-10(14)13-9-11(2,3)12;/h4H,1,5-9,12H2,2-3H3,(H,13,14);1H. The lowest BCUT2D eigenvalue weighted by Crippen LogP contribution is -2.45. The number of ether oxygens (including phenoxy) is 1. The quantitative estimate of drug-likeness (QED) is 0.503. The van der Waals surface area contributed by atoms with Gasteiger partial charge in [-0.15, -0.1) is 19.0 Å². The molecule has 0 aromatic heterocycles. The fourth-order valence-corrected chi connectivity index (χ4v) is 0.916. The van der Waals surface area contributed by atoms with Crippen LogP contribution in [0.15, 0.2) is 12.7 Å². The maximum absolute atomic E-state index is 11.3. The van der Waals surface area contributed by atoms with Crippen LogP contribution >= 0.6 is 12.4 Å². The van der Waals surface area contributed by atoms with E-state index < -0.39 is 0 Å². The monoisotopic (exact) mass is 250 g/mol. The molecule has 0 spiro atoms. The fraction of sp³-hybridized carbons (Fsp3) is 0.727. The summed E-state index contributed by atoms with van der Waals surface area (Å²) in [7, 11) is 0. The molecule has 3 N–H and O–H groups in total. The molecule has 5 heteroatoms. The van der Waals surface area contributed by atoms with Gasteiger partial charge in [0.05, 0.1) is 6.61 Å². The molecule has 0 saturated heterocycles. The second-order valence-corrected chi connectivity index (χ2v) is 4.23. The topological polar surface area (TPSA) is 64.3 Å². The van der Waals surface area contributed by atoms with Gasteiger partial charge >= 0.3 is 0 Å². The lowest BCUT2D eigenvalue weighted by Gasteiger charge is -2.18. The number of carbonyl (C=O) groups is 1. The summed E-state index contributed by atoms with van der Waals surface area (Å²) < 4.78 is 5.16. The van der Waals surface area contributed by atoms with Gasteiger partial charge in [0.1, 0.15) is 0 Å². The van der Waals surface area contributed by atoms with Crippen LogP contribution in [0.1, 0.15) is 26.7 Å². The Labute approximate surface area is 104 Å². The number of amides is 1. The molecule has 0 heterocycles. The van der Waals surface area contributed by atoms with E-state index in [0.717, 1.165) is 6.42 Å². The molecule has 0 aromatic rings. The van der Waals surface area contributed by atoms with Gasteiger partial charge in [0.15, 0.2) is 0 Å². The SMILES string of the molecule is C=CCOCCCC(=O)NCC(C)(C)N.Cl. The highest BCUT2D eigenvalue weighted by atomic mass is 35.5. The third-order valence-corrected chi connectivity index (χ3v) is 1.67. The zero-order chi connectivity index (χ0) is 11.7. The van der Waals surface area contributed by atoms with Crippen molar-refractivity contribution >= 4 is 18.3 Å². The third-order valence-electron chi connectivity index (χ3n) is 1.67. The van der Waals surface area contributed by atoms with E-state index in [4.69, 9.17) is 10.5 Å². The first kappa shape index (κ1) is 17.8. The van der Waals surface area contributed by atoms with Gasteiger partial charge in [-0.3, -0.25) is 4.79 Å². The van der Waals surface area contributed by atoms with E-state index >= 15 is 0 Å². The van der Waals surface area contributed by atoms with Gasteiger partial charge in [0, 0.05) is 25.1 Å². The predicted octanol–water partition coefficient (Wildman–Crippen LogP) is 1.24. The molecule has 0 unspecified atom stereocenters. The predicted molar refractivity (Wildman–Crippen MR) is 68.8 cm³/mol. The molecule has 16 heavy (non-hydrogen) atoms. The summed E-state index contributed by atoms with van der Waals surface area (Å²) >= 11 is 0. The summed E-state index contributed by atoms with van der Waals surface area (Å²) in [4.78, 5) is 11.3. The number of carbonyl (C=O) groups excluding carboxylic acids is 1. The first-order valence-electron chi connectivity index (χ1n) is 5.20. The van der Waals surface area contributed by atoms with Crippen molar-refractivity contribution < 1.29 is 9.53 Å². The van der Waals surface area contributed by atoms with Crippen molar-refractivity contribution in [1.29, 1.82) is 0 Å². The molecular weight excluding hydrogens is 228 g/mol.